The van der Waals surface area contributed by atoms with E-state index in [0.717, 1.165) is 0 Å². The first-order valence-corrected chi connectivity index (χ1v) is 10.9. The van der Waals surface area contributed by atoms with Crippen LogP contribution in [-0.2, 0) is 19.1 Å². The zero-order valence-electron chi connectivity index (χ0n) is 20.0. The standard InChI is InChI=1S/C23H33N3O8/c1-13(2)10-17(20(28)24-18(22(30)31)11-14(3)4)12-19(27)26(33)25-21(29)15-6-8-16(9-7-15)23(32)34-5/h6-9,13-14,17-18,33H,10-12H2,1-5H3,(H,24,28)(H,25,29)(H,30,31)/t17-,18+/m1/s1. The van der Waals surface area contributed by atoms with E-state index in [2.05, 4.69) is 10.1 Å². The lowest BCUT2D eigenvalue weighted by Crippen LogP contribution is -2.48. The number of hydroxylamine groups is 1. The van der Waals surface area contributed by atoms with E-state index in [0.29, 0.717) is 0 Å². The lowest BCUT2D eigenvalue weighted by molar-refractivity contribution is -0.177. The zero-order valence-corrected chi connectivity index (χ0v) is 20.0. The van der Waals surface area contributed by atoms with Crippen LogP contribution in [-0.4, -0.2) is 58.3 Å². The molecule has 34 heavy (non-hydrogen) atoms. The predicted molar refractivity (Wildman–Crippen MR) is 120 cm³/mol. The molecule has 188 valence electrons. The molecule has 0 radical (unpaired) electrons. The van der Waals surface area contributed by atoms with Crippen LogP contribution >= 0.6 is 0 Å². The maximum Gasteiger partial charge on any atom is 0.337 e. The average Bonchev–Trinajstić information content (AvgIpc) is 2.76. The van der Waals surface area contributed by atoms with Gasteiger partial charge in [0.15, 0.2) is 0 Å². The van der Waals surface area contributed by atoms with Crippen molar-refractivity contribution in [3.05, 3.63) is 35.4 Å². The van der Waals surface area contributed by atoms with E-state index in [4.69, 9.17) is 0 Å². The summed E-state index contributed by atoms with van der Waals surface area (Å²) in [6, 6.07) is 4.23. The van der Waals surface area contributed by atoms with E-state index >= 15 is 0 Å². The number of rotatable bonds is 11. The minimum Gasteiger partial charge on any atom is -0.480 e. The smallest absolute Gasteiger partial charge is 0.337 e. The van der Waals surface area contributed by atoms with Crippen molar-refractivity contribution in [2.24, 2.45) is 17.8 Å². The summed E-state index contributed by atoms with van der Waals surface area (Å²) in [5.41, 5.74) is 2.28. The lowest BCUT2D eigenvalue weighted by atomic mass is 9.92. The summed E-state index contributed by atoms with van der Waals surface area (Å²) in [6.07, 6.45) is 0.0405. The summed E-state index contributed by atoms with van der Waals surface area (Å²) in [7, 11) is 1.22. The number of carboxylic acids is 1. The molecule has 2 atom stereocenters. The van der Waals surface area contributed by atoms with E-state index in [1.807, 2.05) is 33.1 Å². The maximum absolute atomic E-state index is 12.7. The average molecular weight is 480 g/mol. The van der Waals surface area contributed by atoms with Crippen molar-refractivity contribution in [1.29, 1.82) is 0 Å². The SMILES string of the molecule is COC(=O)c1ccc(C(=O)NN(O)C(=O)C[C@@H](CC(C)C)C(=O)N[C@@H](CC(C)C)C(=O)O)cc1. The van der Waals surface area contributed by atoms with Crippen molar-refractivity contribution in [3.63, 3.8) is 0 Å². The highest BCUT2D eigenvalue weighted by Crippen LogP contribution is 2.18. The van der Waals surface area contributed by atoms with Gasteiger partial charge in [-0.05, 0) is 48.9 Å². The number of aliphatic carboxylic acids is 1. The number of nitrogens with one attached hydrogen (secondary N) is 2. The van der Waals surface area contributed by atoms with Crippen molar-refractivity contribution in [3.8, 4) is 0 Å². The van der Waals surface area contributed by atoms with Crippen molar-refractivity contribution in [2.75, 3.05) is 7.11 Å². The maximum atomic E-state index is 12.7. The van der Waals surface area contributed by atoms with Gasteiger partial charge >= 0.3 is 11.9 Å². The van der Waals surface area contributed by atoms with Gasteiger partial charge in [0.2, 0.25) is 5.91 Å². The van der Waals surface area contributed by atoms with E-state index in [9.17, 15) is 34.3 Å². The number of carbonyl (C=O) groups is 5. The third kappa shape index (κ3) is 9.18. The van der Waals surface area contributed by atoms with Gasteiger partial charge in [0, 0.05) is 17.9 Å². The fourth-order valence-electron chi connectivity index (χ4n) is 3.23. The fourth-order valence-corrected chi connectivity index (χ4v) is 3.23. The molecule has 11 nitrogen and oxygen atoms in total. The molecule has 3 amide bonds. The van der Waals surface area contributed by atoms with Gasteiger partial charge in [-0.3, -0.25) is 19.6 Å². The number of hydrogen-bond donors (Lipinski definition) is 4. The van der Waals surface area contributed by atoms with Crippen LogP contribution in [0.2, 0.25) is 0 Å². The second-order valence-electron chi connectivity index (χ2n) is 8.77. The zero-order chi connectivity index (χ0) is 26.0. The van der Waals surface area contributed by atoms with Gasteiger partial charge in [-0.15, -0.1) is 5.17 Å². The van der Waals surface area contributed by atoms with Crippen LogP contribution in [0.15, 0.2) is 24.3 Å². The highest BCUT2D eigenvalue weighted by Gasteiger charge is 2.30. The molecule has 1 rings (SSSR count). The number of hydrogen-bond acceptors (Lipinski definition) is 7. The molecule has 0 spiro atoms. The Morgan fingerprint density at radius 2 is 1.47 bits per heavy atom. The molecule has 0 saturated heterocycles. The van der Waals surface area contributed by atoms with Crippen molar-refractivity contribution in [1.82, 2.24) is 15.9 Å². The molecule has 1 aromatic carbocycles. The molecule has 11 heteroatoms. The monoisotopic (exact) mass is 479 g/mol. The summed E-state index contributed by atoms with van der Waals surface area (Å²) in [4.78, 5) is 60.5. The first-order chi connectivity index (χ1) is 15.8. The highest BCUT2D eigenvalue weighted by molar-refractivity contribution is 5.97. The van der Waals surface area contributed by atoms with Crippen molar-refractivity contribution in [2.45, 2.75) is 53.0 Å². The Morgan fingerprint density at radius 3 is 1.94 bits per heavy atom. The Kier molecular flexibility index (Phi) is 11.2. The highest BCUT2D eigenvalue weighted by atomic mass is 16.6. The predicted octanol–water partition coefficient (Wildman–Crippen LogP) is 2.00. The number of benzene rings is 1. The summed E-state index contributed by atoms with van der Waals surface area (Å²) in [5.74, 6) is -5.02. The van der Waals surface area contributed by atoms with Crippen LogP contribution in [0, 0.1) is 17.8 Å². The van der Waals surface area contributed by atoms with Gasteiger partial charge in [-0.25, -0.2) is 15.0 Å². The number of carbonyl (C=O) groups excluding carboxylic acids is 4. The van der Waals surface area contributed by atoms with E-state index in [-0.39, 0.29) is 41.0 Å². The summed E-state index contributed by atoms with van der Waals surface area (Å²) < 4.78 is 4.57. The second kappa shape index (κ2) is 13.3. The molecule has 0 aromatic heterocycles. The minimum absolute atomic E-state index is 0.0000458. The van der Waals surface area contributed by atoms with Gasteiger partial charge in [-0.2, -0.15) is 0 Å². The second-order valence-corrected chi connectivity index (χ2v) is 8.77. The Bertz CT molecular complexity index is 883. The number of hydrazine groups is 1. The molecule has 1 aromatic rings. The van der Waals surface area contributed by atoms with Gasteiger partial charge in [-0.1, -0.05) is 27.7 Å². The Balaban J connectivity index is 2.83. The molecule has 0 fully saturated rings. The Hall–Kier alpha value is -3.47. The molecular weight excluding hydrogens is 446 g/mol. The normalized spacial score (nSPS) is 12.6. The van der Waals surface area contributed by atoms with Gasteiger partial charge in [0.1, 0.15) is 6.04 Å². The van der Waals surface area contributed by atoms with Crippen LogP contribution < -0.4 is 10.7 Å². The number of carboxylic acid groups (broad SMARTS) is 1. The largest absolute Gasteiger partial charge is 0.480 e. The van der Waals surface area contributed by atoms with Crippen LogP contribution in [0.3, 0.4) is 0 Å². The third-order valence-corrected chi connectivity index (χ3v) is 4.88. The van der Waals surface area contributed by atoms with E-state index in [1.54, 1.807) is 0 Å². The number of ether oxygens (including phenoxy) is 1. The molecular formula is C23H33N3O8. The van der Waals surface area contributed by atoms with Gasteiger partial charge in [0.25, 0.3) is 11.8 Å². The Morgan fingerprint density at radius 1 is 0.941 bits per heavy atom. The fraction of sp³-hybridized carbons (Fsp3) is 0.522. The van der Waals surface area contributed by atoms with Crippen LogP contribution in [0.4, 0.5) is 0 Å². The summed E-state index contributed by atoms with van der Waals surface area (Å²) >= 11 is 0. The number of nitrogens with zero attached hydrogens (tertiary/aromatic N) is 1. The van der Waals surface area contributed by atoms with Crippen molar-refractivity contribution < 1.29 is 39.0 Å². The molecule has 0 saturated carbocycles. The quantitative estimate of drug-likeness (QED) is 0.213. The Labute approximate surface area is 198 Å². The molecule has 0 aliphatic carbocycles. The first kappa shape index (κ1) is 28.6. The topological polar surface area (TPSA) is 162 Å². The number of esters is 1. The molecule has 0 unspecified atom stereocenters. The molecule has 0 aliphatic heterocycles. The molecule has 0 aliphatic rings. The van der Waals surface area contributed by atoms with Gasteiger partial charge in [0.05, 0.1) is 12.7 Å². The first-order valence-electron chi connectivity index (χ1n) is 10.9. The molecule has 4 N–H and O–H groups in total. The van der Waals surface area contributed by atoms with Crippen LogP contribution in [0.5, 0.6) is 0 Å². The third-order valence-electron chi connectivity index (χ3n) is 4.88. The summed E-state index contributed by atoms with van der Waals surface area (Å²) in [6.45, 7) is 7.33. The van der Waals surface area contributed by atoms with E-state index < -0.39 is 48.0 Å². The van der Waals surface area contributed by atoms with Crippen LogP contribution in [0.25, 0.3) is 0 Å². The molecule has 0 bridgehead atoms. The van der Waals surface area contributed by atoms with Gasteiger partial charge < -0.3 is 15.2 Å². The van der Waals surface area contributed by atoms with E-state index in [1.165, 1.54) is 31.4 Å². The van der Waals surface area contributed by atoms with Crippen molar-refractivity contribution >= 4 is 29.7 Å². The molecule has 0 heterocycles. The minimum atomic E-state index is -1.18. The summed E-state index contributed by atoms with van der Waals surface area (Å²) in [5, 5.41) is 21.9. The number of methoxy groups -OCH3 is 1. The lowest BCUT2D eigenvalue weighted by Gasteiger charge is -2.24. The van der Waals surface area contributed by atoms with Crippen LogP contribution in [0.1, 0.15) is 67.7 Å². The number of amides is 3.